The molecule has 0 aromatic carbocycles. The van der Waals surface area contributed by atoms with Gasteiger partial charge in [0.1, 0.15) is 0 Å². The summed E-state index contributed by atoms with van der Waals surface area (Å²) in [5.74, 6) is 0.853. The average molecular weight is 530 g/mol. The van der Waals surface area contributed by atoms with Crippen molar-refractivity contribution >= 4 is 51.3 Å². The lowest BCUT2D eigenvalue weighted by Crippen LogP contribution is -2.53. The summed E-state index contributed by atoms with van der Waals surface area (Å²) in [5, 5.41) is 5.45. The van der Waals surface area contributed by atoms with E-state index in [1.807, 2.05) is 20.8 Å². The van der Waals surface area contributed by atoms with Crippen LogP contribution in [0, 0.1) is 0 Å². The molecule has 27 heavy (non-hydrogen) atoms. The van der Waals surface area contributed by atoms with Crippen molar-refractivity contribution < 1.29 is 8.42 Å². The molecule has 0 saturated carbocycles. The Balaban J connectivity index is 0.00000364. The highest BCUT2D eigenvalue weighted by Crippen LogP contribution is 2.14. The number of hydrogen-bond donors (Lipinski definition) is 2. The van der Waals surface area contributed by atoms with Gasteiger partial charge in [-0.15, -0.1) is 35.3 Å². The highest BCUT2D eigenvalue weighted by molar-refractivity contribution is 14.0. The number of rotatable bonds is 7. The molecule has 0 radical (unpaired) electrons. The maximum Gasteiger partial charge on any atom is 0.209 e. The molecule has 156 valence electrons. The van der Waals surface area contributed by atoms with E-state index in [1.165, 1.54) is 11.1 Å². The van der Waals surface area contributed by atoms with Gasteiger partial charge in [-0.1, -0.05) is 6.07 Å². The Morgan fingerprint density at radius 2 is 1.96 bits per heavy atom. The molecule has 2 heterocycles. The van der Waals surface area contributed by atoms with Crippen LogP contribution in [0.1, 0.15) is 25.6 Å². The summed E-state index contributed by atoms with van der Waals surface area (Å²) in [5.41, 5.74) is -0.616. The molecule has 0 aliphatic carbocycles. The molecule has 1 aliphatic rings. The highest BCUT2D eigenvalue weighted by Gasteiger charge is 2.24. The monoisotopic (exact) mass is 529 g/mol. The molecule has 1 aliphatic heterocycles. The van der Waals surface area contributed by atoms with Crippen LogP contribution in [0.5, 0.6) is 0 Å². The summed E-state index contributed by atoms with van der Waals surface area (Å²) < 4.78 is 25.6. The van der Waals surface area contributed by atoms with Gasteiger partial charge in [0.2, 0.25) is 10.0 Å². The number of hydrogen-bond acceptors (Lipinski definition) is 5. The second-order valence-corrected chi connectivity index (χ2v) is 10.1. The van der Waals surface area contributed by atoms with Crippen LogP contribution >= 0.6 is 35.3 Å². The van der Waals surface area contributed by atoms with Gasteiger partial charge in [0, 0.05) is 49.7 Å². The quantitative estimate of drug-likeness (QED) is 0.320. The predicted octanol–water partition coefficient (Wildman–Crippen LogP) is 1.78. The normalized spacial score (nSPS) is 16.9. The SMILES string of the molecule is CCNC(=NCC(C)(C)NS(C)(=O)=O)N1CCN(Cc2cccs2)CC1.I. The Morgan fingerprint density at radius 1 is 1.30 bits per heavy atom. The van der Waals surface area contributed by atoms with E-state index in [-0.39, 0.29) is 24.0 Å². The minimum Gasteiger partial charge on any atom is -0.357 e. The van der Waals surface area contributed by atoms with Crippen molar-refractivity contribution in [2.75, 3.05) is 45.5 Å². The lowest BCUT2D eigenvalue weighted by atomic mass is 10.1. The molecule has 2 rings (SSSR count). The van der Waals surface area contributed by atoms with Crippen LogP contribution in [0.15, 0.2) is 22.5 Å². The van der Waals surface area contributed by atoms with Crippen molar-refractivity contribution in [3.63, 3.8) is 0 Å². The average Bonchev–Trinajstić information content (AvgIpc) is 3.03. The van der Waals surface area contributed by atoms with E-state index in [0.717, 1.165) is 45.2 Å². The van der Waals surface area contributed by atoms with E-state index in [0.29, 0.717) is 6.54 Å². The summed E-state index contributed by atoms with van der Waals surface area (Å²) in [7, 11) is -3.26. The fourth-order valence-electron chi connectivity index (χ4n) is 2.97. The standard InChI is InChI=1S/C17H31N5O2S2.HI/c1-5-18-16(19-14-17(2,3)20-26(4,23)24)22-10-8-21(9-11-22)13-15-7-6-12-25-15;/h6-7,12,20H,5,8-11,13-14H2,1-4H3,(H,18,19);1H. The fraction of sp³-hybridized carbons (Fsp3) is 0.706. The van der Waals surface area contributed by atoms with E-state index in [1.54, 1.807) is 11.3 Å². The molecular formula is C17H32IN5O2S2. The Labute approximate surface area is 184 Å². The summed E-state index contributed by atoms with van der Waals surface area (Å²) in [6, 6.07) is 4.28. The Morgan fingerprint density at radius 3 is 2.48 bits per heavy atom. The molecule has 1 fully saturated rings. The maximum atomic E-state index is 11.5. The molecule has 0 spiro atoms. The molecule has 7 nitrogen and oxygen atoms in total. The molecule has 0 atom stereocenters. The molecule has 0 bridgehead atoms. The highest BCUT2D eigenvalue weighted by atomic mass is 127. The van der Waals surface area contributed by atoms with Crippen LogP contribution in [-0.4, -0.2) is 75.2 Å². The molecule has 10 heteroatoms. The van der Waals surface area contributed by atoms with Crippen molar-refractivity contribution in [3.05, 3.63) is 22.4 Å². The zero-order chi connectivity index (χ0) is 19.2. The van der Waals surface area contributed by atoms with Gasteiger partial charge in [0.05, 0.1) is 12.8 Å². The summed E-state index contributed by atoms with van der Waals surface area (Å²) in [6.07, 6.45) is 1.18. The van der Waals surface area contributed by atoms with Crippen molar-refractivity contribution in [3.8, 4) is 0 Å². The van der Waals surface area contributed by atoms with Gasteiger partial charge in [-0.3, -0.25) is 9.89 Å². The van der Waals surface area contributed by atoms with Gasteiger partial charge in [-0.2, -0.15) is 0 Å². The second kappa shape index (κ2) is 10.9. The van der Waals surface area contributed by atoms with Crippen LogP contribution < -0.4 is 10.0 Å². The van der Waals surface area contributed by atoms with Crippen LogP contribution in [0.25, 0.3) is 0 Å². The van der Waals surface area contributed by atoms with Crippen molar-refractivity contribution in [2.24, 2.45) is 4.99 Å². The van der Waals surface area contributed by atoms with E-state index in [9.17, 15) is 8.42 Å². The van der Waals surface area contributed by atoms with Crippen LogP contribution in [0.3, 0.4) is 0 Å². The molecule has 0 unspecified atom stereocenters. The summed E-state index contributed by atoms with van der Waals surface area (Å²) >= 11 is 1.80. The van der Waals surface area contributed by atoms with Gasteiger partial charge in [-0.25, -0.2) is 13.1 Å². The number of halogens is 1. The van der Waals surface area contributed by atoms with Gasteiger partial charge < -0.3 is 10.2 Å². The molecule has 2 N–H and O–H groups in total. The number of nitrogens with zero attached hydrogens (tertiary/aromatic N) is 3. The first-order valence-corrected chi connectivity index (χ1v) is 11.7. The van der Waals surface area contributed by atoms with Crippen molar-refractivity contribution in [2.45, 2.75) is 32.9 Å². The minimum atomic E-state index is -3.26. The number of thiophene rings is 1. The van der Waals surface area contributed by atoms with Gasteiger partial charge in [-0.05, 0) is 32.2 Å². The van der Waals surface area contributed by atoms with Gasteiger partial charge in [0.25, 0.3) is 0 Å². The molecule has 1 aromatic heterocycles. The minimum absolute atomic E-state index is 0. The largest absolute Gasteiger partial charge is 0.357 e. The molecule has 1 aromatic rings. The number of nitrogens with one attached hydrogen (secondary N) is 2. The Hall–Kier alpha value is -0.430. The smallest absolute Gasteiger partial charge is 0.209 e. The first-order chi connectivity index (χ1) is 12.2. The number of guanidine groups is 1. The predicted molar refractivity (Wildman–Crippen MR) is 125 cm³/mol. The third-order valence-electron chi connectivity index (χ3n) is 4.05. The lowest BCUT2D eigenvalue weighted by Gasteiger charge is -2.36. The topological polar surface area (TPSA) is 77.0 Å². The van der Waals surface area contributed by atoms with Crippen LogP contribution in [0.2, 0.25) is 0 Å². The zero-order valence-electron chi connectivity index (χ0n) is 16.6. The summed E-state index contributed by atoms with van der Waals surface area (Å²) in [6.45, 7) is 11.7. The van der Waals surface area contributed by atoms with E-state index in [2.05, 4.69) is 42.3 Å². The van der Waals surface area contributed by atoms with Crippen molar-refractivity contribution in [1.29, 1.82) is 0 Å². The molecule has 0 amide bonds. The Kier molecular flexibility index (Phi) is 9.97. The summed E-state index contributed by atoms with van der Waals surface area (Å²) in [4.78, 5) is 10.8. The fourth-order valence-corrected chi connectivity index (χ4v) is 4.79. The second-order valence-electron chi connectivity index (χ2n) is 7.27. The molecular weight excluding hydrogens is 497 g/mol. The Bertz CT molecular complexity index is 684. The van der Waals surface area contributed by atoms with Gasteiger partial charge >= 0.3 is 0 Å². The van der Waals surface area contributed by atoms with Crippen LogP contribution in [0.4, 0.5) is 0 Å². The van der Waals surface area contributed by atoms with E-state index < -0.39 is 15.6 Å². The van der Waals surface area contributed by atoms with Crippen LogP contribution in [-0.2, 0) is 16.6 Å². The van der Waals surface area contributed by atoms with E-state index >= 15 is 0 Å². The lowest BCUT2D eigenvalue weighted by molar-refractivity contribution is 0.173. The number of aliphatic imine (C=N–C) groups is 1. The molecule has 1 saturated heterocycles. The van der Waals surface area contributed by atoms with Crippen molar-refractivity contribution in [1.82, 2.24) is 19.8 Å². The van der Waals surface area contributed by atoms with E-state index in [4.69, 9.17) is 0 Å². The first-order valence-electron chi connectivity index (χ1n) is 8.95. The van der Waals surface area contributed by atoms with Gasteiger partial charge in [0.15, 0.2) is 5.96 Å². The zero-order valence-corrected chi connectivity index (χ0v) is 20.5. The maximum absolute atomic E-state index is 11.5. The number of piperazine rings is 1. The number of sulfonamides is 1. The third-order valence-corrected chi connectivity index (χ3v) is 5.84. The first kappa shape index (κ1) is 24.6. The third kappa shape index (κ3) is 9.07.